The molecule has 0 unspecified atom stereocenters. The van der Waals surface area contributed by atoms with E-state index in [2.05, 4.69) is 135 Å². The highest BCUT2D eigenvalue weighted by atomic mass is 15.2. The highest BCUT2D eigenvalue weighted by Gasteiger charge is 2.20. The molecule has 0 amide bonds. The molecule has 0 fully saturated rings. The van der Waals surface area contributed by atoms with E-state index in [-0.39, 0.29) is 0 Å². The first-order valence-corrected chi connectivity index (χ1v) is 21.0. The summed E-state index contributed by atoms with van der Waals surface area (Å²) in [5, 5.41) is 4.63. The third-order valence-electron chi connectivity index (χ3n) is 12.2. The van der Waals surface area contributed by atoms with E-state index in [0.717, 1.165) is 88.5 Å². The van der Waals surface area contributed by atoms with Crippen LogP contribution in [0, 0.1) is 0 Å². The van der Waals surface area contributed by atoms with Gasteiger partial charge in [0.2, 0.25) is 5.95 Å². The Kier molecular flexibility index (Phi) is 7.74. The molecule has 8 nitrogen and oxygen atoms in total. The van der Waals surface area contributed by atoms with E-state index in [4.69, 9.17) is 24.9 Å². The number of rotatable bonds is 6. The molecule has 0 saturated carbocycles. The number of pyridine rings is 2. The first-order valence-electron chi connectivity index (χ1n) is 21.0. The minimum Gasteiger partial charge on any atom is -0.309 e. The van der Waals surface area contributed by atoms with Gasteiger partial charge in [-0.2, -0.15) is 9.97 Å². The van der Waals surface area contributed by atoms with Crippen molar-refractivity contribution in [2.45, 2.75) is 0 Å². The maximum Gasteiger partial charge on any atom is 0.238 e. The van der Waals surface area contributed by atoms with Crippen LogP contribution in [-0.2, 0) is 0 Å². The van der Waals surface area contributed by atoms with Gasteiger partial charge in [-0.15, -0.1) is 0 Å². The Morgan fingerprint density at radius 1 is 0.286 bits per heavy atom. The van der Waals surface area contributed by atoms with Gasteiger partial charge in [0.05, 0.1) is 33.1 Å². The first kappa shape index (κ1) is 35.0. The van der Waals surface area contributed by atoms with Crippen molar-refractivity contribution in [2.75, 3.05) is 0 Å². The number of hydrogen-bond acceptors (Lipinski definition) is 5. The molecule has 7 aromatic carbocycles. The Bertz CT molecular complexity index is 3810. The number of para-hydroxylation sites is 2. The summed E-state index contributed by atoms with van der Waals surface area (Å²) in [6, 6.07) is 68.0. The highest BCUT2D eigenvalue weighted by molar-refractivity contribution is 6.12. The van der Waals surface area contributed by atoms with Crippen LogP contribution in [0.15, 0.2) is 207 Å². The molecule has 0 aliphatic heterocycles. The minimum absolute atomic E-state index is 0.570. The maximum absolute atomic E-state index is 5.16. The van der Waals surface area contributed by atoms with Crippen molar-refractivity contribution in [3.63, 3.8) is 0 Å². The Hall–Kier alpha value is -8.75. The van der Waals surface area contributed by atoms with Gasteiger partial charge in [0, 0.05) is 56.4 Å². The second-order valence-electron chi connectivity index (χ2n) is 15.8. The van der Waals surface area contributed by atoms with Crippen LogP contribution in [0.4, 0.5) is 0 Å². The zero-order valence-corrected chi connectivity index (χ0v) is 33.7. The lowest BCUT2D eigenvalue weighted by Gasteiger charge is -2.13. The normalized spacial score (nSPS) is 11.8. The number of aromatic nitrogens is 8. The molecule has 13 rings (SSSR count). The second kappa shape index (κ2) is 13.9. The van der Waals surface area contributed by atoms with Crippen LogP contribution in [0.3, 0.4) is 0 Å². The fourth-order valence-electron chi connectivity index (χ4n) is 9.39. The fraction of sp³-hybridized carbons (Fsp3) is 0. The van der Waals surface area contributed by atoms with Crippen molar-refractivity contribution >= 4 is 65.7 Å². The van der Waals surface area contributed by atoms with Crippen LogP contribution in [0.2, 0.25) is 0 Å². The molecule has 294 valence electrons. The summed E-state index contributed by atoms with van der Waals surface area (Å²) in [7, 11) is 0. The summed E-state index contributed by atoms with van der Waals surface area (Å²) in [6.45, 7) is 0. The average Bonchev–Trinajstić information content (AvgIpc) is 4.00. The zero-order valence-electron chi connectivity index (χ0n) is 33.7. The van der Waals surface area contributed by atoms with Crippen molar-refractivity contribution in [1.29, 1.82) is 0 Å². The SMILES string of the molecule is c1ccc(-c2nc(-c3ccccc3)nc(-n3c4ccccc4c4ccc(-c5ccc6c(c5)c5ccccc5n6-c5cccc(-n6c7cccnc7c7ncccc76)c5)cc43)n2)cc1. The van der Waals surface area contributed by atoms with Gasteiger partial charge in [-0.3, -0.25) is 14.5 Å². The van der Waals surface area contributed by atoms with Crippen LogP contribution in [0.5, 0.6) is 0 Å². The standard InChI is InChI=1S/C55H34N8/c1-3-14-35(15-4-1)53-58-54(36-16-5-2-6-17-36)60-55(59-53)63-46-23-10-7-20-41(46)43-28-26-38(33-50(43)63)37-27-29-47-44(32-37)42-21-8-9-22-45(42)61(47)39-18-11-19-40(34-39)62-48-24-12-30-56-51(48)52-49(62)25-13-31-57-52/h1-34H. The highest BCUT2D eigenvalue weighted by Crippen LogP contribution is 2.39. The Morgan fingerprint density at radius 2 is 0.778 bits per heavy atom. The molecule has 0 N–H and O–H groups in total. The molecule has 8 heteroatoms. The molecule has 63 heavy (non-hydrogen) atoms. The number of fused-ring (bicyclic) bond motifs is 9. The van der Waals surface area contributed by atoms with Crippen molar-refractivity contribution in [3.8, 4) is 51.2 Å². The summed E-state index contributed by atoms with van der Waals surface area (Å²) in [4.78, 5) is 24.8. The molecule has 0 atom stereocenters. The predicted molar refractivity (Wildman–Crippen MR) is 255 cm³/mol. The quantitative estimate of drug-likeness (QED) is 0.167. The Morgan fingerprint density at radius 3 is 1.43 bits per heavy atom. The van der Waals surface area contributed by atoms with E-state index < -0.39 is 0 Å². The number of benzene rings is 7. The summed E-state index contributed by atoms with van der Waals surface area (Å²) < 4.78 is 6.83. The molecule has 0 saturated heterocycles. The lowest BCUT2D eigenvalue weighted by Crippen LogP contribution is -2.06. The first-order chi connectivity index (χ1) is 31.2. The smallest absolute Gasteiger partial charge is 0.238 e. The van der Waals surface area contributed by atoms with Crippen LogP contribution >= 0.6 is 0 Å². The van der Waals surface area contributed by atoms with Gasteiger partial charge in [-0.1, -0.05) is 121 Å². The van der Waals surface area contributed by atoms with Crippen LogP contribution in [0.1, 0.15) is 0 Å². The van der Waals surface area contributed by atoms with Crippen molar-refractivity contribution in [2.24, 2.45) is 0 Å². The van der Waals surface area contributed by atoms with Gasteiger partial charge < -0.3 is 9.13 Å². The van der Waals surface area contributed by atoms with Gasteiger partial charge in [0.25, 0.3) is 0 Å². The molecular weight excluding hydrogens is 773 g/mol. The van der Waals surface area contributed by atoms with E-state index in [0.29, 0.717) is 17.6 Å². The monoisotopic (exact) mass is 806 g/mol. The molecule has 6 heterocycles. The fourth-order valence-corrected chi connectivity index (χ4v) is 9.39. The van der Waals surface area contributed by atoms with Gasteiger partial charge in [0.15, 0.2) is 11.6 Å². The summed E-state index contributed by atoms with van der Waals surface area (Å²) in [5.74, 6) is 1.82. The van der Waals surface area contributed by atoms with Gasteiger partial charge in [-0.25, -0.2) is 4.98 Å². The van der Waals surface area contributed by atoms with E-state index in [1.54, 1.807) is 0 Å². The van der Waals surface area contributed by atoms with E-state index in [1.165, 1.54) is 10.8 Å². The van der Waals surface area contributed by atoms with Crippen LogP contribution in [-0.4, -0.2) is 38.6 Å². The lowest BCUT2D eigenvalue weighted by atomic mass is 10.0. The predicted octanol–water partition coefficient (Wildman–Crippen LogP) is 13.0. The topological polar surface area (TPSA) is 79.2 Å². The third-order valence-corrected chi connectivity index (χ3v) is 12.2. The average molecular weight is 807 g/mol. The van der Waals surface area contributed by atoms with Gasteiger partial charge in [-0.05, 0) is 83.9 Å². The largest absolute Gasteiger partial charge is 0.309 e. The molecule has 0 spiro atoms. The Labute approximate surface area is 360 Å². The van der Waals surface area contributed by atoms with E-state index in [9.17, 15) is 0 Å². The third kappa shape index (κ3) is 5.52. The molecule has 13 aromatic rings. The van der Waals surface area contributed by atoms with Crippen molar-refractivity contribution in [1.82, 2.24) is 38.6 Å². The van der Waals surface area contributed by atoms with Gasteiger partial charge in [0.1, 0.15) is 11.0 Å². The second-order valence-corrected chi connectivity index (χ2v) is 15.8. The maximum atomic E-state index is 5.16. The van der Waals surface area contributed by atoms with E-state index in [1.807, 2.05) is 85.2 Å². The molecule has 0 radical (unpaired) electrons. The summed E-state index contributed by atoms with van der Waals surface area (Å²) in [5.41, 5.74) is 14.3. The van der Waals surface area contributed by atoms with Gasteiger partial charge >= 0.3 is 0 Å². The van der Waals surface area contributed by atoms with Crippen molar-refractivity contribution in [3.05, 3.63) is 207 Å². The molecule has 0 bridgehead atoms. The Balaban J connectivity index is 0.983. The molecular formula is C55H34N8. The summed E-state index contributed by atoms with van der Waals surface area (Å²) >= 11 is 0. The molecule has 0 aliphatic rings. The van der Waals surface area contributed by atoms with Crippen LogP contribution in [0.25, 0.3) is 117 Å². The molecule has 0 aliphatic carbocycles. The number of hydrogen-bond donors (Lipinski definition) is 0. The minimum atomic E-state index is 0.570. The molecule has 6 aromatic heterocycles. The van der Waals surface area contributed by atoms with E-state index >= 15 is 0 Å². The zero-order chi connectivity index (χ0) is 41.4. The lowest BCUT2D eigenvalue weighted by molar-refractivity contribution is 0.953. The van der Waals surface area contributed by atoms with Crippen LogP contribution < -0.4 is 0 Å². The number of nitrogens with zero attached hydrogens (tertiary/aromatic N) is 8. The summed E-state index contributed by atoms with van der Waals surface area (Å²) in [6.07, 6.45) is 3.67. The van der Waals surface area contributed by atoms with Crippen molar-refractivity contribution < 1.29 is 0 Å².